The van der Waals surface area contributed by atoms with Crippen LogP contribution in [0.4, 0.5) is 0 Å². The molecule has 2 heterocycles. The van der Waals surface area contributed by atoms with Crippen molar-refractivity contribution >= 4 is 0 Å². The predicted molar refractivity (Wildman–Crippen MR) is 83.4 cm³/mol. The lowest BCUT2D eigenvalue weighted by molar-refractivity contribution is -0.0855. The molecule has 4 aliphatic carbocycles. The minimum atomic E-state index is 0.0761. The molecule has 2 N–H and O–H groups in total. The van der Waals surface area contributed by atoms with Crippen molar-refractivity contribution in [2.45, 2.75) is 63.1 Å². The van der Waals surface area contributed by atoms with Crippen LogP contribution in [0, 0.1) is 18.8 Å². The average Bonchev–Trinajstić information content (AvgIpc) is 3.15. The van der Waals surface area contributed by atoms with Gasteiger partial charge >= 0.3 is 0 Å². The molecule has 0 radical (unpaired) electrons. The Morgan fingerprint density at radius 2 is 2.13 bits per heavy atom. The summed E-state index contributed by atoms with van der Waals surface area (Å²) in [5.74, 6) is 2.60. The number of tetrazole rings is 1. The molecule has 7 heteroatoms. The third kappa shape index (κ3) is 2.13. The van der Waals surface area contributed by atoms with E-state index in [9.17, 15) is 0 Å². The van der Waals surface area contributed by atoms with E-state index in [1.54, 1.807) is 6.33 Å². The molecule has 0 saturated heterocycles. The highest BCUT2D eigenvalue weighted by molar-refractivity contribution is 5.13. The third-order valence-electron chi connectivity index (χ3n) is 6.19. The van der Waals surface area contributed by atoms with E-state index >= 15 is 0 Å². The first-order valence-corrected chi connectivity index (χ1v) is 8.64. The number of H-pyrrole nitrogens is 1. The summed E-state index contributed by atoms with van der Waals surface area (Å²) in [6.07, 6.45) is 10.9. The lowest BCUT2D eigenvalue weighted by Gasteiger charge is -2.61. The van der Waals surface area contributed by atoms with Crippen LogP contribution in [0.15, 0.2) is 12.5 Å². The monoisotopic (exact) mass is 313 g/mol. The highest BCUT2D eigenvalue weighted by Crippen LogP contribution is 2.60. The van der Waals surface area contributed by atoms with Gasteiger partial charge in [0.05, 0.1) is 12.1 Å². The zero-order valence-electron chi connectivity index (χ0n) is 13.5. The molecule has 7 nitrogen and oxygen atoms in total. The number of aryl methyl sites for hydroxylation is 1. The first-order chi connectivity index (χ1) is 11.1. The van der Waals surface area contributed by atoms with E-state index in [1.807, 2.05) is 17.9 Å². The molecule has 2 unspecified atom stereocenters. The van der Waals surface area contributed by atoms with Gasteiger partial charge in [0.15, 0.2) is 6.33 Å². The number of hydrogen-bond acceptors (Lipinski definition) is 5. The standard InChI is InChI=1S/C16H23N7/c1-11-7-17-14(21-11)8-18-15-3-12-2-13(4-15)6-16(5-12,9-15)23-20-10-19-22-23/h7,10,12-13,18H,2-6,8-9H2,1H3,(H,17,21). The normalized spacial score (nSPS) is 38.3. The minimum Gasteiger partial charge on any atom is -0.345 e. The fraction of sp³-hybridized carbons (Fsp3) is 0.750. The summed E-state index contributed by atoms with van der Waals surface area (Å²) in [6, 6.07) is 0. The quantitative estimate of drug-likeness (QED) is 0.894. The maximum absolute atomic E-state index is 4.44. The van der Waals surface area contributed by atoms with Crippen molar-refractivity contribution < 1.29 is 0 Å². The zero-order chi connectivity index (χ0) is 15.5. The number of aromatic amines is 1. The summed E-state index contributed by atoms with van der Waals surface area (Å²) in [5, 5.41) is 16.5. The number of aromatic nitrogens is 6. The third-order valence-corrected chi connectivity index (χ3v) is 6.19. The summed E-state index contributed by atoms with van der Waals surface area (Å²) in [4.78, 5) is 9.69. The molecule has 0 amide bonds. The number of nitrogens with zero attached hydrogens (tertiary/aromatic N) is 5. The van der Waals surface area contributed by atoms with Gasteiger partial charge in [0.2, 0.25) is 0 Å². The van der Waals surface area contributed by atoms with Crippen LogP contribution in [0.3, 0.4) is 0 Å². The SMILES string of the molecule is Cc1cnc(CNC23CC4CC(C2)CC(n2ncnn2)(C4)C3)[nH]1. The number of imidazole rings is 1. The first-order valence-electron chi connectivity index (χ1n) is 8.64. The van der Waals surface area contributed by atoms with E-state index in [1.165, 1.54) is 32.1 Å². The molecule has 2 aromatic heterocycles. The van der Waals surface area contributed by atoms with Crippen molar-refractivity contribution in [2.75, 3.05) is 0 Å². The Kier molecular flexibility index (Phi) is 2.75. The first kappa shape index (κ1) is 13.7. The highest BCUT2D eigenvalue weighted by atomic mass is 15.6. The van der Waals surface area contributed by atoms with Crippen molar-refractivity contribution in [3.8, 4) is 0 Å². The van der Waals surface area contributed by atoms with Crippen molar-refractivity contribution in [3.63, 3.8) is 0 Å². The fourth-order valence-electron chi connectivity index (χ4n) is 5.87. The van der Waals surface area contributed by atoms with Crippen LogP contribution in [-0.2, 0) is 12.1 Å². The summed E-state index contributed by atoms with van der Waals surface area (Å²) >= 11 is 0. The maximum atomic E-state index is 4.44. The van der Waals surface area contributed by atoms with E-state index in [2.05, 4.69) is 30.7 Å². The molecular formula is C16H23N7. The highest BCUT2D eigenvalue weighted by Gasteiger charge is 2.59. The van der Waals surface area contributed by atoms with Crippen molar-refractivity contribution in [1.82, 2.24) is 35.5 Å². The molecule has 4 fully saturated rings. The Morgan fingerprint density at radius 1 is 1.30 bits per heavy atom. The van der Waals surface area contributed by atoms with Gasteiger partial charge in [-0.25, -0.2) is 4.98 Å². The van der Waals surface area contributed by atoms with E-state index in [0.717, 1.165) is 36.3 Å². The Hall–Kier alpha value is -1.76. The molecule has 4 saturated carbocycles. The van der Waals surface area contributed by atoms with Crippen LogP contribution in [0.1, 0.15) is 50.0 Å². The summed E-state index contributed by atoms with van der Waals surface area (Å²) in [7, 11) is 0. The smallest absolute Gasteiger partial charge is 0.162 e. The molecule has 0 aromatic carbocycles. The van der Waals surface area contributed by atoms with E-state index < -0.39 is 0 Å². The van der Waals surface area contributed by atoms with Crippen molar-refractivity contribution in [2.24, 2.45) is 11.8 Å². The van der Waals surface area contributed by atoms with Gasteiger partial charge in [0.25, 0.3) is 0 Å². The Morgan fingerprint density at radius 3 is 2.78 bits per heavy atom. The second kappa shape index (κ2) is 4.63. The largest absolute Gasteiger partial charge is 0.345 e. The number of hydrogen-bond donors (Lipinski definition) is 2. The Bertz CT molecular complexity index is 690. The zero-order valence-corrected chi connectivity index (χ0v) is 13.5. The van der Waals surface area contributed by atoms with Crippen LogP contribution in [0.25, 0.3) is 0 Å². The van der Waals surface area contributed by atoms with E-state index in [-0.39, 0.29) is 11.1 Å². The molecular weight excluding hydrogens is 290 g/mol. The number of nitrogens with one attached hydrogen (secondary N) is 2. The van der Waals surface area contributed by atoms with Gasteiger partial charge in [-0.05, 0) is 62.5 Å². The fourth-order valence-corrected chi connectivity index (χ4v) is 5.87. The predicted octanol–water partition coefficient (Wildman–Crippen LogP) is 1.54. The van der Waals surface area contributed by atoms with Crippen LogP contribution in [0.5, 0.6) is 0 Å². The van der Waals surface area contributed by atoms with Crippen LogP contribution in [-0.4, -0.2) is 35.7 Å². The van der Waals surface area contributed by atoms with E-state index in [4.69, 9.17) is 0 Å². The van der Waals surface area contributed by atoms with E-state index in [0.29, 0.717) is 0 Å². The molecule has 23 heavy (non-hydrogen) atoms. The number of rotatable bonds is 4. The molecule has 2 aromatic rings. The lowest BCUT2D eigenvalue weighted by atomic mass is 9.50. The second-order valence-electron chi connectivity index (χ2n) is 8.06. The second-order valence-corrected chi connectivity index (χ2v) is 8.06. The summed E-state index contributed by atoms with van der Waals surface area (Å²) in [6.45, 7) is 2.86. The van der Waals surface area contributed by atoms with Gasteiger partial charge in [-0.1, -0.05) is 0 Å². The molecule has 6 rings (SSSR count). The lowest BCUT2D eigenvalue weighted by Crippen LogP contribution is -2.65. The van der Waals surface area contributed by atoms with Crippen molar-refractivity contribution in [3.05, 3.63) is 24.0 Å². The van der Waals surface area contributed by atoms with Gasteiger partial charge in [-0.15, -0.1) is 10.2 Å². The minimum absolute atomic E-state index is 0.0761. The molecule has 0 aliphatic heterocycles. The van der Waals surface area contributed by atoms with Crippen molar-refractivity contribution in [1.29, 1.82) is 0 Å². The molecule has 4 aliphatic rings. The molecule has 4 bridgehead atoms. The van der Waals surface area contributed by atoms with Gasteiger partial charge < -0.3 is 10.3 Å². The van der Waals surface area contributed by atoms with Crippen LogP contribution < -0.4 is 5.32 Å². The summed E-state index contributed by atoms with van der Waals surface area (Å²) < 4.78 is 0. The Balaban J connectivity index is 1.42. The van der Waals surface area contributed by atoms with Gasteiger partial charge in [0, 0.05) is 17.4 Å². The van der Waals surface area contributed by atoms with Gasteiger partial charge in [-0.2, -0.15) is 4.80 Å². The molecule has 0 spiro atoms. The topological polar surface area (TPSA) is 84.3 Å². The maximum Gasteiger partial charge on any atom is 0.162 e. The molecule has 122 valence electrons. The molecule has 2 atom stereocenters. The average molecular weight is 313 g/mol. The Labute approximate surface area is 135 Å². The van der Waals surface area contributed by atoms with Gasteiger partial charge in [0.1, 0.15) is 5.82 Å². The van der Waals surface area contributed by atoms with Crippen LogP contribution in [0.2, 0.25) is 0 Å². The summed E-state index contributed by atoms with van der Waals surface area (Å²) in [5.41, 5.74) is 1.40. The van der Waals surface area contributed by atoms with Crippen LogP contribution >= 0.6 is 0 Å². The van der Waals surface area contributed by atoms with Gasteiger partial charge in [-0.3, -0.25) is 0 Å².